The van der Waals surface area contributed by atoms with Gasteiger partial charge in [0.2, 0.25) is 0 Å². The average molecular weight is 269 g/mol. The van der Waals surface area contributed by atoms with Crippen LogP contribution in [0.2, 0.25) is 0 Å². The predicted molar refractivity (Wildman–Crippen MR) is 79.1 cm³/mol. The molecule has 0 saturated heterocycles. The molecule has 2 aromatic carbocycles. The molecule has 0 aliphatic heterocycles. The highest BCUT2D eigenvalue weighted by Gasteiger charge is 2.10. The quantitative estimate of drug-likeness (QED) is 0.724. The van der Waals surface area contributed by atoms with Gasteiger partial charge in [-0.05, 0) is 48.7 Å². The van der Waals surface area contributed by atoms with Gasteiger partial charge >= 0.3 is 0 Å². The molecule has 0 saturated carbocycles. The van der Waals surface area contributed by atoms with Crippen LogP contribution in [0.15, 0.2) is 36.5 Å². The molecule has 3 rings (SSSR count). The minimum Gasteiger partial charge on any atom is -0.398 e. The first-order valence-corrected chi connectivity index (χ1v) is 6.52. The van der Waals surface area contributed by atoms with Crippen LogP contribution in [0.3, 0.4) is 0 Å². The van der Waals surface area contributed by atoms with Crippen molar-refractivity contribution in [2.45, 2.75) is 20.4 Å². The van der Waals surface area contributed by atoms with Gasteiger partial charge in [-0.3, -0.25) is 4.68 Å². The minimum atomic E-state index is -0.224. The number of benzene rings is 2. The van der Waals surface area contributed by atoms with E-state index >= 15 is 0 Å². The Kier molecular flexibility index (Phi) is 2.93. The second-order valence-electron chi connectivity index (χ2n) is 5.09. The van der Waals surface area contributed by atoms with Gasteiger partial charge in [0, 0.05) is 11.1 Å². The van der Waals surface area contributed by atoms with Gasteiger partial charge < -0.3 is 5.73 Å². The molecule has 0 radical (unpaired) electrons. The fourth-order valence-electron chi connectivity index (χ4n) is 2.45. The first-order valence-electron chi connectivity index (χ1n) is 6.52. The van der Waals surface area contributed by atoms with E-state index in [0.29, 0.717) is 6.54 Å². The summed E-state index contributed by atoms with van der Waals surface area (Å²) in [7, 11) is 0. The number of nitrogen functional groups attached to an aromatic ring is 1. The molecule has 0 spiro atoms. The molecule has 102 valence electrons. The summed E-state index contributed by atoms with van der Waals surface area (Å²) >= 11 is 0. The zero-order valence-electron chi connectivity index (χ0n) is 11.5. The highest BCUT2D eigenvalue weighted by molar-refractivity contribution is 5.88. The maximum absolute atomic E-state index is 12.9. The molecule has 2 N–H and O–H groups in total. The second kappa shape index (κ2) is 4.63. The minimum absolute atomic E-state index is 0.224. The van der Waals surface area contributed by atoms with E-state index in [2.05, 4.69) is 5.10 Å². The van der Waals surface area contributed by atoms with Crippen LogP contribution in [0.4, 0.5) is 10.1 Å². The standard InChI is InChI=1S/C16H16FN3/c1-10-7-15-14(11(2)16(10)18)8-19-20(15)9-12-3-5-13(17)6-4-12/h3-8H,9,18H2,1-2H3. The molecule has 0 amide bonds. The molecular weight excluding hydrogens is 253 g/mol. The topological polar surface area (TPSA) is 43.8 Å². The zero-order valence-corrected chi connectivity index (χ0v) is 11.5. The Bertz CT molecular complexity index is 773. The molecule has 1 aromatic heterocycles. The first-order chi connectivity index (χ1) is 9.56. The van der Waals surface area contributed by atoms with Crippen molar-refractivity contribution in [1.82, 2.24) is 9.78 Å². The number of hydrogen-bond donors (Lipinski definition) is 1. The summed E-state index contributed by atoms with van der Waals surface area (Å²) in [6, 6.07) is 8.54. The van der Waals surface area contributed by atoms with Crippen molar-refractivity contribution in [3.05, 3.63) is 59.0 Å². The van der Waals surface area contributed by atoms with Gasteiger partial charge in [0.15, 0.2) is 0 Å². The van der Waals surface area contributed by atoms with E-state index in [1.54, 1.807) is 12.1 Å². The van der Waals surface area contributed by atoms with Crippen molar-refractivity contribution in [1.29, 1.82) is 0 Å². The van der Waals surface area contributed by atoms with Crippen molar-refractivity contribution < 1.29 is 4.39 Å². The molecule has 3 nitrogen and oxygen atoms in total. The van der Waals surface area contributed by atoms with Gasteiger partial charge in [0.05, 0.1) is 18.3 Å². The average Bonchev–Trinajstić information content (AvgIpc) is 2.82. The lowest BCUT2D eigenvalue weighted by molar-refractivity contribution is 0.625. The van der Waals surface area contributed by atoms with E-state index in [-0.39, 0.29) is 5.82 Å². The fourth-order valence-corrected chi connectivity index (χ4v) is 2.45. The molecule has 4 heteroatoms. The molecule has 0 atom stereocenters. The third-order valence-corrected chi connectivity index (χ3v) is 3.71. The zero-order chi connectivity index (χ0) is 14.3. The molecule has 0 bridgehead atoms. The monoisotopic (exact) mass is 269 g/mol. The van der Waals surface area contributed by atoms with Gasteiger partial charge in [-0.25, -0.2) is 4.39 Å². The van der Waals surface area contributed by atoms with Crippen molar-refractivity contribution in [2.75, 3.05) is 5.73 Å². The van der Waals surface area contributed by atoms with Crippen molar-refractivity contribution in [3.8, 4) is 0 Å². The maximum atomic E-state index is 12.9. The Hall–Kier alpha value is -2.36. The number of rotatable bonds is 2. The van der Waals surface area contributed by atoms with Gasteiger partial charge in [-0.1, -0.05) is 12.1 Å². The third kappa shape index (κ3) is 2.03. The number of fused-ring (bicyclic) bond motifs is 1. The molecule has 1 heterocycles. The van der Waals surface area contributed by atoms with Gasteiger partial charge in [-0.15, -0.1) is 0 Å². The van der Waals surface area contributed by atoms with E-state index < -0.39 is 0 Å². The van der Waals surface area contributed by atoms with Crippen LogP contribution in [0, 0.1) is 19.7 Å². The normalized spacial score (nSPS) is 11.2. The summed E-state index contributed by atoms with van der Waals surface area (Å²) in [5, 5.41) is 5.49. The van der Waals surface area contributed by atoms with Crippen molar-refractivity contribution in [2.24, 2.45) is 0 Å². The molecule has 0 unspecified atom stereocenters. The third-order valence-electron chi connectivity index (χ3n) is 3.71. The van der Waals surface area contributed by atoms with Gasteiger partial charge in [-0.2, -0.15) is 5.10 Å². The molecule has 3 aromatic rings. The summed E-state index contributed by atoms with van der Waals surface area (Å²) in [6.07, 6.45) is 1.84. The molecular formula is C16H16FN3. The highest BCUT2D eigenvalue weighted by Crippen LogP contribution is 2.27. The van der Waals surface area contributed by atoms with Crippen molar-refractivity contribution in [3.63, 3.8) is 0 Å². The van der Waals surface area contributed by atoms with Crippen LogP contribution in [0.1, 0.15) is 16.7 Å². The number of nitrogens with two attached hydrogens (primary N) is 1. The van der Waals surface area contributed by atoms with Crippen LogP contribution in [0.5, 0.6) is 0 Å². The van der Waals surface area contributed by atoms with Gasteiger partial charge in [0.1, 0.15) is 5.82 Å². The first kappa shape index (κ1) is 12.7. The van der Waals surface area contributed by atoms with E-state index in [4.69, 9.17) is 5.73 Å². The van der Waals surface area contributed by atoms with Crippen LogP contribution >= 0.6 is 0 Å². The van der Waals surface area contributed by atoms with E-state index in [1.807, 2.05) is 30.8 Å². The Morgan fingerprint density at radius 3 is 2.60 bits per heavy atom. The van der Waals surface area contributed by atoms with Crippen LogP contribution in [-0.2, 0) is 6.54 Å². The summed E-state index contributed by atoms with van der Waals surface area (Å²) in [5.74, 6) is -0.224. The molecule has 0 aliphatic carbocycles. The van der Waals surface area contributed by atoms with E-state index in [9.17, 15) is 4.39 Å². The Labute approximate surface area is 116 Å². The number of aryl methyl sites for hydroxylation is 2. The summed E-state index contributed by atoms with van der Waals surface area (Å²) < 4.78 is 14.9. The number of anilines is 1. The predicted octanol–water partition coefficient (Wildman–Crippen LogP) is 3.42. The number of hydrogen-bond acceptors (Lipinski definition) is 2. The highest BCUT2D eigenvalue weighted by atomic mass is 19.1. The molecule has 20 heavy (non-hydrogen) atoms. The summed E-state index contributed by atoms with van der Waals surface area (Å²) in [5.41, 5.74) is 11.0. The Morgan fingerprint density at radius 1 is 1.20 bits per heavy atom. The maximum Gasteiger partial charge on any atom is 0.123 e. The second-order valence-corrected chi connectivity index (χ2v) is 5.09. The van der Waals surface area contributed by atoms with Crippen LogP contribution < -0.4 is 5.73 Å². The number of nitrogens with zero attached hydrogens (tertiary/aromatic N) is 2. The molecule has 0 fully saturated rings. The molecule has 0 aliphatic rings. The number of halogens is 1. The largest absolute Gasteiger partial charge is 0.398 e. The van der Waals surface area contributed by atoms with Gasteiger partial charge in [0.25, 0.3) is 0 Å². The summed E-state index contributed by atoms with van der Waals surface area (Å²) in [6.45, 7) is 4.62. The Balaban J connectivity index is 2.06. The lowest BCUT2D eigenvalue weighted by Gasteiger charge is -2.08. The lowest BCUT2D eigenvalue weighted by Crippen LogP contribution is -2.02. The SMILES string of the molecule is Cc1cc2c(cnn2Cc2ccc(F)cc2)c(C)c1N. The summed E-state index contributed by atoms with van der Waals surface area (Å²) in [4.78, 5) is 0. The Morgan fingerprint density at radius 2 is 1.90 bits per heavy atom. The fraction of sp³-hybridized carbons (Fsp3) is 0.188. The number of aromatic nitrogens is 2. The lowest BCUT2D eigenvalue weighted by atomic mass is 10.1. The van der Waals surface area contributed by atoms with E-state index in [1.165, 1.54) is 12.1 Å². The van der Waals surface area contributed by atoms with Crippen LogP contribution in [0.25, 0.3) is 10.9 Å². The van der Waals surface area contributed by atoms with Crippen molar-refractivity contribution >= 4 is 16.6 Å². The van der Waals surface area contributed by atoms with E-state index in [0.717, 1.165) is 33.3 Å². The van der Waals surface area contributed by atoms with Crippen LogP contribution in [-0.4, -0.2) is 9.78 Å². The smallest absolute Gasteiger partial charge is 0.123 e.